The van der Waals surface area contributed by atoms with Crippen LogP contribution in [0.2, 0.25) is 0 Å². The fourth-order valence-corrected chi connectivity index (χ4v) is 1.69. The van der Waals surface area contributed by atoms with E-state index < -0.39 is 12.7 Å². The monoisotopic (exact) mass is 284 g/mol. The highest BCUT2D eigenvalue weighted by molar-refractivity contribution is 5.43. The zero-order valence-corrected chi connectivity index (χ0v) is 11.5. The molecule has 1 aromatic carbocycles. The van der Waals surface area contributed by atoms with Crippen LogP contribution >= 0.6 is 0 Å². The second-order valence-corrected chi connectivity index (χ2v) is 4.00. The molecule has 0 heterocycles. The van der Waals surface area contributed by atoms with Gasteiger partial charge in [0.2, 0.25) is 0 Å². The van der Waals surface area contributed by atoms with Gasteiger partial charge in [0.25, 0.3) is 0 Å². The molecule has 0 saturated carbocycles. The van der Waals surface area contributed by atoms with Gasteiger partial charge in [-0.25, -0.2) is 0 Å². The Morgan fingerprint density at radius 1 is 1.30 bits per heavy atom. The highest BCUT2D eigenvalue weighted by atomic mass is 19.3. The van der Waals surface area contributed by atoms with Crippen LogP contribution < -0.4 is 9.47 Å². The standard InChI is InChI=1S/C15H18F2O3/c1-3-5-6-7-12(18)11-8-9-13(20-15(16)17)14(10-11)19-4-2/h8-10,12,15,18H,4,6-7H2,1-2H3. The zero-order valence-electron chi connectivity index (χ0n) is 11.5. The van der Waals surface area contributed by atoms with Crippen LogP contribution in [0.4, 0.5) is 8.78 Å². The number of hydrogen-bond acceptors (Lipinski definition) is 3. The molecule has 0 aliphatic carbocycles. The van der Waals surface area contributed by atoms with Crippen molar-refractivity contribution in [3.05, 3.63) is 23.8 Å². The van der Waals surface area contributed by atoms with Gasteiger partial charge in [0.1, 0.15) is 0 Å². The van der Waals surface area contributed by atoms with E-state index in [0.717, 1.165) is 0 Å². The summed E-state index contributed by atoms with van der Waals surface area (Å²) in [5.41, 5.74) is 0.591. The van der Waals surface area contributed by atoms with Crippen LogP contribution in [0.15, 0.2) is 18.2 Å². The summed E-state index contributed by atoms with van der Waals surface area (Å²) in [6.45, 7) is 0.882. The molecule has 1 N–H and O–H groups in total. The summed E-state index contributed by atoms with van der Waals surface area (Å²) < 4.78 is 34.2. The predicted molar refractivity (Wildman–Crippen MR) is 71.9 cm³/mol. The minimum atomic E-state index is -2.91. The molecule has 110 valence electrons. The van der Waals surface area contributed by atoms with Crippen LogP contribution in [0, 0.1) is 11.8 Å². The Kier molecular flexibility index (Phi) is 6.82. The summed E-state index contributed by atoms with van der Waals surface area (Å²) in [6.07, 6.45) is 0.328. The smallest absolute Gasteiger partial charge is 0.387 e. The summed E-state index contributed by atoms with van der Waals surface area (Å²) >= 11 is 0. The maximum atomic E-state index is 12.3. The van der Waals surface area contributed by atoms with Crippen molar-refractivity contribution in [1.82, 2.24) is 0 Å². The minimum absolute atomic E-state index is 0.0360. The van der Waals surface area contributed by atoms with E-state index in [9.17, 15) is 13.9 Å². The fourth-order valence-electron chi connectivity index (χ4n) is 1.69. The number of benzene rings is 1. The van der Waals surface area contributed by atoms with E-state index in [-0.39, 0.29) is 11.5 Å². The largest absolute Gasteiger partial charge is 0.490 e. The van der Waals surface area contributed by atoms with E-state index in [2.05, 4.69) is 16.6 Å². The van der Waals surface area contributed by atoms with Gasteiger partial charge in [0, 0.05) is 6.42 Å². The van der Waals surface area contributed by atoms with Crippen molar-refractivity contribution in [1.29, 1.82) is 0 Å². The molecular formula is C15H18F2O3. The van der Waals surface area contributed by atoms with Gasteiger partial charge < -0.3 is 14.6 Å². The van der Waals surface area contributed by atoms with E-state index in [1.807, 2.05) is 0 Å². The summed E-state index contributed by atoms with van der Waals surface area (Å²) in [4.78, 5) is 0. The molecule has 3 nitrogen and oxygen atoms in total. The first-order valence-corrected chi connectivity index (χ1v) is 6.37. The Labute approximate surface area is 117 Å². The van der Waals surface area contributed by atoms with E-state index >= 15 is 0 Å². The van der Waals surface area contributed by atoms with Gasteiger partial charge >= 0.3 is 6.61 Å². The van der Waals surface area contributed by atoms with Crippen LogP contribution in [0.3, 0.4) is 0 Å². The van der Waals surface area contributed by atoms with Gasteiger partial charge in [-0.3, -0.25) is 0 Å². The molecule has 0 saturated heterocycles. The lowest BCUT2D eigenvalue weighted by atomic mass is 10.0. The molecule has 0 aliphatic heterocycles. The van der Waals surface area contributed by atoms with Crippen molar-refractivity contribution in [3.8, 4) is 23.3 Å². The van der Waals surface area contributed by atoms with Crippen molar-refractivity contribution >= 4 is 0 Å². The average Bonchev–Trinajstić information content (AvgIpc) is 2.40. The maximum Gasteiger partial charge on any atom is 0.387 e. The van der Waals surface area contributed by atoms with Crippen LogP contribution in [-0.4, -0.2) is 18.3 Å². The molecule has 20 heavy (non-hydrogen) atoms. The lowest BCUT2D eigenvalue weighted by Gasteiger charge is -2.15. The van der Waals surface area contributed by atoms with Gasteiger partial charge in [0.05, 0.1) is 12.7 Å². The highest BCUT2D eigenvalue weighted by Crippen LogP contribution is 2.32. The lowest BCUT2D eigenvalue weighted by molar-refractivity contribution is -0.0514. The quantitative estimate of drug-likeness (QED) is 0.779. The van der Waals surface area contributed by atoms with Crippen molar-refractivity contribution in [2.75, 3.05) is 6.61 Å². The fraction of sp³-hybridized carbons (Fsp3) is 0.467. The highest BCUT2D eigenvalue weighted by Gasteiger charge is 2.14. The average molecular weight is 284 g/mol. The first-order valence-electron chi connectivity index (χ1n) is 6.37. The number of halogens is 2. The van der Waals surface area contributed by atoms with Gasteiger partial charge in [0.15, 0.2) is 11.5 Å². The SMILES string of the molecule is CC#CCCC(O)c1ccc(OC(F)F)c(OCC)c1. The van der Waals surface area contributed by atoms with Gasteiger partial charge in [-0.15, -0.1) is 11.8 Å². The molecular weight excluding hydrogens is 266 g/mol. The number of aliphatic hydroxyl groups is 1. The van der Waals surface area contributed by atoms with Crippen LogP contribution in [0.25, 0.3) is 0 Å². The molecule has 0 aromatic heterocycles. The molecule has 1 aromatic rings. The Bertz CT molecular complexity index is 478. The topological polar surface area (TPSA) is 38.7 Å². The molecule has 0 aliphatic rings. The molecule has 0 spiro atoms. The molecule has 0 amide bonds. The lowest BCUT2D eigenvalue weighted by Crippen LogP contribution is -2.06. The Hall–Kier alpha value is -1.80. The van der Waals surface area contributed by atoms with Gasteiger partial charge in [-0.05, 0) is 38.0 Å². The Morgan fingerprint density at radius 3 is 2.65 bits per heavy atom. The predicted octanol–water partition coefficient (Wildman–Crippen LogP) is 3.52. The summed E-state index contributed by atoms with van der Waals surface area (Å²) in [5.74, 6) is 5.77. The second kappa shape index (κ2) is 8.39. The number of ether oxygens (including phenoxy) is 2. The molecule has 0 radical (unpaired) electrons. The summed E-state index contributed by atoms with van der Waals surface area (Å²) in [5, 5.41) is 10.0. The van der Waals surface area contributed by atoms with E-state index in [1.54, 1.807) is 19.9 Å². The molecule has 0 bridgehead atoms. The van der Waals surface area contributed by atoms with Crippen molar-refractivity contribution in [2.24, 2.45) is 0 Å². The number of hydrogen-bond donors (Lipinski definition) is 1. The van der Waals surface area contributed by atoms with Gasteiger partial charge in [-0.2, -0.15) is 8.78 Å². The minimum Gasteiger partial charge on any atom is -0.490 e. The summed E-state index contributed by atoms with van der Waals surface area (Å²) in [6, 6.07) is 4.44. The van der Waals surface area contributed by atoms with E-state index in [0.29, 0.717) is 25.0 Å². The van der Waals surface area contributed by atoms with E-state index in [4.69, 9.17) is 4.74 Å². The second-order valence-electron chi connectivity index (χ2n) is 4.00. The van der Waals surface area contributed by atoms with Crippen LogP contribution in [-0.2, 0) is 0 Å². The zero-order chi connectivity index (χ0) is 15.0. The van der Waals surface area contributed by atoms with Crippen molar-refractivity contribution in [3.63, 3.8) is 0 Å². The van der Waals surface area contributed by atoms with Crippen molar-refractivity contribution < 1.29 is 23.4 Å². The third-order valence-electron chi connectivity index (χ3n) is 2.59. The van der Waals surface area contributed by atoms with Crippen LogP contribution in [0.5, 0.6) is 11.5 Å². The molecule has 1 atom stereocenters. The number of alkyl halides is 2. The molecule has 1 unspecified atom stereocenters. The van der Waals surface area contributed by atoms with Gasteiger partial charge in [-0.1, -0.05) is 6.07 Å². The third kappa shape index (κ3) is 5.06. The number of aliphatic hydroxyl groups excluding tert-OH is 1. The molecule has 5 heteroatoms. The van der Waals surface area contributed by atoms with E-state index in [1.165, 1.54) is 12.1 Å². The van der Waals surface area contributed by atoms with Crippen molar-refractivity contribution in [2.45, 2.75) is 39.4 Å². The number of rotatable bonds is 7. The normalized spacial score (nSPS) is 11.7. The third-order valence-corrected chi connectivity index (χ3v) is 2.59. The molecule has 1 rings (SSSR count). The Balaban J connectivity index is 2.87. The Morgan fingerprint density at radius 2 is 2.05 bits per heavy atom. The van der Waals surface area contributed by atoms with Crippen LogP contribution in [0.1, 0.15) is 38.4 Å². The first-order chi connectivity index (χ1) is 9.58. The summed E-state index contributed by atoms with van der Waals surface area (Å²) in [7, 11) is 0. The maximum absolute atomic E-state index is 12.3. The molecule has 0 fully saturated rings. The first kappa shape index (κ1) is 16.3.